The molecule has 0 atom stereocenters. The molecule has 6 nitrogen and oxygen atoms in total. The van der Waals surface area contributed by atoms with Gasteiger partial charge in [-0.2, -0.15) is 5.10 Å². The average molecular weight is 513 g/mol. The molecule has 1 heterocycles. The smallest absolute Gasteiger partial charge is 0.191 e. The Labute approximate surface area is 192 Å². The van der Waals surface area contributed by atoms with Crippen molar-refractivity contribution in [2.75, 3.05) is 13.1 Å². The molecule has 0 aliphatic rings. The van der Waals surface area contributed by atoms with Crippen LogP contribution in [0.3, 0.4) is 0 Å². The molecule has 0 aliphatic heterocycles. The van der Waals surface area contributed by atoms with Crippen molar-refractivity contribution < 1.29 is 4.74 Å². The van der Waals surface area contributed by atoms with Gasteiger partial charge in [-0.25, -0.2) is 4.99 Å². The van der Waals surface area contributed by atoms with Crippen LogP contribution in [0.25, 0.3) is 0 Å². The number of rotatable bonds is 8. The van der Waals surface area contributed by atoms with Crippen molar-refractivity contribution in [2.45, 2.75) is 60.6 Å². The summed E-state index contributed by atoms with van der Waals surface area (Å²) in [7, 11) is 1.99. The number of nitrogens with zero attached hydrogens (tertiary/aromatic N) is 3. The van der Waals surface area contributed by atoms with E-state index in [0.29, 0.717) is 6.54 Å². The van der Waals surface area contributed by atoms with Gasteiger partial charge in [-0.1, -0.05) is 12.1 Å². The standard InChI is InChI=1S/C22H35N5O.HI/c1-8-23-22(24-12-11-20-17(5)26-27(7)18(20)6)25-14-19-10-9-16(4)13-21(19)28-15(2)3;/h9-10,13,15H,8,11-12,14H2,1-7H3,(H2,23,24,25);1H. The largest absolute Gasteiger partial charge is 0.491 e. The molecule has 0 bridgehead atoms. The second-order valence-corrected chi connectivity index (χ2v) is 7.42. The minimum Gasteiger partial charge on any atom is -0.491 e. The molecular weight excluding hydrogens is 477 g/mol. The number of aromatic nitrogens is 2. The van der Waals surface area contributed by atoms with E-state index in [1.165, 1.54) is 16.8 Å². The van der Waals surface area contributed by atoms with Gasteiger partial charge in [0.2, 0.25) is 0 Å². The summed E-state index contributed by atoms with van der Waals surface area (Å²) in [6, 6.07) is 6.29. The van der Waals surface area contributed by atoms with E-state index in [-0.39, 0.29) is 30.1 Å². The van der Waals surface area contributed by atoms with Gasteiger partial charge < -0.3 is 15.4 Å². The number of aryl methyl sites for hydroxylation is 3. The van der Waals surface area contributed by atoms with Crippen LogP contribution in [0, 0.1) is 20.8 Å². The maximum atomic E-state index is 5.97. The molecule has 7 heteroatoms. The molecular formula is C22H36IN5O. The Hall–Kier alpha value is -1.77. The number of halogens is 1. The summed E-state index contributed by atoms with van der Waals surface area (Å²) in [5.41, 5.74) is 5.90. The first kappa shape index (κ1) is 25.3. The molecule has 2 aromatic rings. The van der Waals surface area contributed by atoms with Gasteiger partial charge in [-0.15, -0.1) is 24.0 Å². The molecule has 0 radical (unpaired) electrons. The second kappa shape index (κ2) is 12.0. The summed E-state index contributed by atoms with van der Waals surface area (Å²) < 4.78 is 7.91. The van der Waals surface area contributed by atoms with Crippen LogP contribution in [0.2, 0.25) is 0 Å². The third kappa shape index (κ3) is 7.53. The predicted molar refractivity (Wildman–Crippen MR) is 132 cm³/mol. The van der Waals surface area contributed by atoms with Gasteiger partial charge in [0.1, 0.15) is 5.75 Å². The quantitative estimate of drug-likeness (QED) is 0.318. The maximum Gasteiger partial charge on any atom is 0.191 e. The van der Waals surface area contributed by atoms with E-state index in [1.54, 1.807) is 0 Å². The van der Waals surface area contributed by atoms with Crippen molar-refractivity contribution in [3.05, 3.63) is 46.3 Å². The maximum absolute atomic E-state index is 5.97. The lowest BCUT2D eigenvalue weighted by Gasteiger charge is -2.15. The van der Waals surface area contributed by atoms with Crippen LogP contribution in [0.15, 0.2) is 23.2 Å². The molecule has 162 valence electrons. The lowest BCUT2D eigenvalue weighted by molar-refractivity contribution is 0.240. The molecule has 0 saturated heterocycles. The highest BCUT2D eigenvalue weighted by molar-refractivity contribution is 14.0. The van der Waals surface area contributed by atoms with Gasteiger partial charge in [0.15, 0.2) is 5.96 Å². The predicted octanol–water partition coefficient (Wildman–Crippen LogP) is 4.05. The van der Waals surface area contributed by atoms with Crippen molar-refractivity contribution >= 4 is 29.9 Å². The first-order valence-corrected chi connectivity index (χ1v) is 10.1. The van der Waals surface area contributed by atoms with E-state index >= 15 is 0 Å². The Bertz CT molecular complexity index is 814. The monoisotopic (exact) mass is 513 g/mol. The zero-order valence-corrected chi connectivity index (χ0v) is 21.1. The van der Waals surface area contributed by atoms with Crippen molar-refractivity contribution in [1.82, 2.24) is 20.4 Å². The van der Waals surface area contributed by atoms with Crippen LogP contribution >= 0.6 is 24.0 Å². The fraction of sp³-hybridized carbons (Fsp3) is 0.545. The fourth-order valence-electron chi connectivity index (χ4n) is 3.15. The normalized spacial score (nSPS) is 11.4. The van der Waals surface area contributed by atoms with E-state index in [2.05, 4.69) is 61.6 Å². The van der Waals surface area contributed by atoms with Gasteiger partial charge in [0.05, 0.1) is 18.3 Å². The van der Waals surface area contributed by atoms with E-state index in [0.717, 1.165) is 42.5 Å². The molecule has 29 heavy (non-hydrogen) atoms. The summed E-state index contributed by atoms with van der Waals surface area (Å²) in [5.74, 6) is 1.73. The number of ether oxygens (including phenoxy) is 1. The molecule has 0 unspecified atom stereocenters. The Balaban J connectivity index is 0.00000420. The summed E-state index contributed by atoms with van der Waals surface area (Å²) in [5, 5.41) is 11.2. The van der Waals surface area contributed by atoms with Crippen molar-refractivity contribution in [3.63, 3.8) is 0 Å². The zero-order chi connectivity index (χ0) is 20.7. The summed E-state index contributed by atoms with van der Waals surface area (Å²) in [6.07, 6.45) is 1.06. The van der Waals surface area contributed by atoms with Gasteiger partial charge in [0.25, 0.3) is 0 Å². The molecule has 1 aromatic carbocycles. The number of aliphatic imine (C=N–C) groups is 1. The van der Waals surface area contributed by atoms with E-state index in [9.17, 15) is 0 Å². The highest BCUT2D eigenvalue weighted by Gasteiger charge is 2.10. The molecule has 0 fully saturated rings. The third-order valence-corrected chi connectivity index (χ3v) is 4.66. The third-order valence-electron chi connectivity index (χ3n) is 4.66. The lowest BCUT2D eigenvalue weighted by atomic mass is 10.1. The number of hydrogen-bond donors (Lipinski definition) is 2. The number of nitrogens with one attached hydrogen (secondary N) is 2. The van der Waals surface area contributed by atoms with Gasteiger partial charge in [0, 0.05) is 31.4 Å². The van der Waals surface area contributed by atoms with Crippen molar-refractivity contribution in [3.8, 4) is 5.75 Å². The Kier molecular flexibility index (Phi) is 10.5. The number of hydrogen-bond acceptors (Lipinski definition) is 3. The van der Waals surface area contributed by atoms with E-state index < -0.39 is 0 Å². The van der Waals surface area contributed by atoms with Crippen LogP contribution in [-0.4, -0.2) is 34.9 Å². The van der Waals surface area contributed by atoms with Gasteiger partial charge >= 0.3 is 0 Å². The SMILES string of the molecule is CCNC(=NCc1ccc(C)cc1OC(C)C)NCCc1c(C)nn(C)c1C.I. The Morgan fingerprint density at radius 1 is 1.21 bits per heavy atom. The van der Waals surface area contributed by atoms with E-state index in [4.69, 9.17) is 9.73 Å². The van der Waals surface area contributed by atoms with Crippen LogP contribution in [0.4, 0.5) is 0 Å². The highest BCUT2D eigenvalue weighted by atomic mass is 127. The van der Waals surface area contributed by atoms with E-state index in [1.807, 2.05) is 25.6 Å². The molecule has 0 spiro atoms. The highest BCUT2D eigenvalue weighted by Crippen LogP contribution is 2.22. The van der Waals surface area contributed by atoms with Crippen LogP contribution < -0.4 is 15.4 Å². The molecule has 2 rings (SSSR count). The van der Waals surface area contributed by atoms with Crippen LogP contribution in [0.1, 0.15) is 48.8 Å². The molecule has 2 N–H and O–H groups in total. The van der Waals surface area contributed by atoms with Gasteiger partial charge in [-0.05, 0) is 65.2 Å². The van der Waals surface area contributed by atoms with Crippen LogP contribution in [0.5, 0.6) is 5.75 Å². The Morgan fingerprint density at radius 3 is 2.52 bits per heavy atom. The minimum absolute atomic E-state index is 0. The van der Waals surface area contributed by atoms with Crippen LogP contribution in [-0.2, 0) is 20.0 Å². The number of guanidine groups is 1. The molecule has 1 aromatic heterocycles. The zero-order valence-electron chi connectivity index (χ0n) is 18.8. The Morgan fingerprint density at radius 2 is 1.93 bits per heavy atom. The first-order valence-electron chi connectivity index (χ1n) is 10.1. The topological polar surface area (TPSA) is 63.5 Å². The second-order valence-electron chi connectivity index (χ2n) is 7.42. The minimum atomic E-state index is 0. The molecule has 0 amide bonds. The average Bonchev–Trinajstić information content (AvgIpc) is 2.86. The molecule has 0 aliphatic carbocycles. The lowest BCUT2D eigenvalue weighted by Crippen LogP contribution is -2.38. The summed E-state index contributed by atoms with van der Waals surface area (Å²) in [4.78, 5) is 4.76. The summed E-state index contributed by atoms with van der Waals surface area (Å²) in [6.45, 7) is 14.6. The first-order chi connectivity index (χ1) is 13.3. The summed E-state index contributed by atoms with van der Waals surface area (Å²) >= 11 is 0. The fourth-order valence-corrected chi connectivity index (χ4v) is 3.15. The van der Waals surface area contributed by atoms with Gasteiger partial charge in [-0.3, -0.25) is 4.68 Å². The van der Waals surface area contributed by atoms with Crippen molar-refractivity contribution in [1.29, 1.82) is 0 Å². The molecule has 0 saturated carbocycles. The number of benzene rings is 1. The van der Waals surface area contributed by atoms with Crippen molar-refractivity contribution in [2.24, 2.45) is 12.0 Å².